The van der Waals surface area contributed by atoms with Crippen molar-refractivity contribution in [3.63, 3.8) is 0 Å². The molecule has 48 heavy (non-hydrogen) atoms. The zero-order valence-corrected chi connectivity index (χ0v) is 30.9. The lowest BCUT2D eigenvalue weighted by molar-refractivity contribution is -0.0723. The van der Waals surface area contributed by atoms with E-state index < -0.39 is 36.5 Å². The number of nitrogens with zero attached hydrogens (tertiary/aromatic N) is 2. The van der Waals surface area contributed by atoms with Crippen molar-refractivity contribution in [3.8, 4) is 5.75 Å². The molecule has 2 aliphatic carbocycles. The third kappa shape index (κ3) is 6.74. The van der Waals surface area contributed by atoms with Crippen LogP contribution in [0, 0.1) is 17.8 Å². The summed E-state index contributed by atoms with van der Waals surface area (Å²) in [5.41, 5.74) is 1.81. The highest BCUT2D eigenvalue weighted by Gasteiger charge is 2.50. The fourth-order valence-electron chi connectivity index (χ4n) is 8.49. The third-order valence-electron chi connectivity index (χ3n) is 11.8. The standard InChI is InChI=1S/C36H50ClN3O6S2/c1-24-8-6-17-36(42,23-48(44,45)39(3)4)31-13-10-28(31)20-40-21-35(16-7-9-26-18-29(37)12-14-30(26)35)22-46-33-15-11-27(19-32(33)40)34(41)38-47(5,43)25(24)2/h11-12,14-15,18-19,24-25,28,31,42H,5-10,13,16-17,20-23H2,1-4H3,(H,38,41,43)/t24-,25+,28-,31+,35-,36-,47?/m0/s1. The van der Waals surface area contributed by atoms with Crippen molar-refractivity contribution in [1.29, 1.82) is 0 Å². The van der Waals surface area contributed by atoms with Gasteiger partial charge in [0.1, 0.15) is 5.75 Å². The number of sulfonamides is 1. The molecule has 1 amide bonds. The van der Waals surface area contributed by atoms with Gasteiger partial charge in [0.25, 0.3) is 5.91 Å². The topological polar surface area (TPSA) is 116 Å². The number of halogens is 1. The van der Waals surface area contributed by atoms with Crippen LogP contribution in [0.25, 0.3) is 0 Å². The van der Waals surface area contributed by atoms with Crippen LogP contribution in [0.5, 0.6) is 5.75 Å². The maximum Gasteiger partial charge on any atom is 0.262 e. The van der Waals surface area contributed by atoms with Crippen molar-refractivity contribution in [2.75, 3.05) is 44.4 Å². The van der Waals surface area contributed by atoms with Crippen LogP contribution in [-0.2, 0) is 31.6 Å². The Morgan fingerprint density at radius 2 is 1.90 bits per heavy atom. The van der Waals surface area contributed by atoms with Gasteiger partial charge in [-0.25, -0.2) is 16.9 Å². The van der Waals surface area contributed by atoms with Crippen LogP contribution in [0.3, 0.4) is 0 Å². The first-order valence-electron chi connectivity index (χ1n) is 17.2. The molecule has 1 spiro atoms. The number of aryl methyl sites for hydroxylation is 1. The molecule has 6 rings (SSSR count). The highest BCUT2D eigenvalue weighted by molar-refractivity contribution is 7.99. The summed E-state index contributed by atoms with van der Waals surface area (Å²) in [6.07, 6.45) is 5.90. The molecule has 0 aromatic heterocycles. The van der Waals surface area contributed by atoms with Crippen molar-refractivity contribution in [3.05, 3.63) is 58.1 Å². The smallest absolute Gasteiger partial charge is 0.262 e. The Hall–Kier alpha value is -2.31. The van der Waals surface area contributed by atoms with Crippen LogP contribution in [0.2, 0.25) is 5.02 Å². The molecule has 2 aromatic rings. The van der Waals surface area contributed by atoms with Crippen LogP contribution in [0.4, 0.5) is 5.69 Å². The van der Waals surface area contributed by atoms with Gasteiger partial charge in [0.2, 0.25) is 10.0 Å². The highest BCUT2D eigenvalue weighted by Crippen LogP contribution is 2.49. The van der Waals surface area contributed by atoms with Crippen molar-refractivity contribution in [2.24, 2.45) is 17.8 Å². The molecule has 0 radical (unpaired) electrons. The van der Waals surface area contributed by atoms with Gasteiger partial charge in [-0.3, -0.25) is 9.52 Å². The average Bonchev–Trinajstić information content (AvgIpc) is 3.14. The minimum Gasteiger partial charge on any atom is -0.490 e. The number of hydrogen-bond acceptors (Lipinski definition) is 7. The fraction of sp³-hybridized carbons (Fsp3) is 0.611. The SMILES string of the molecule is C=S1(=O)NC(=O)c2ccc3c(c2)N(C[C@@H]2CC[C@H]2[C@@](O)(CS(=O)(=O)N(C)C)CCC[C@H](C)[C@H]1C)C[C@@]1(CCCc2cc(Cl)ccc21)CO3. The van der Waals surface area contributed by atoms with Gasteiger partial charge < -0.3 is 14.7 Å². The number of rotatable bonds is 3. The summed E-state index contributed by atoms with van der Waals surface area (Å²) in [7, 11) is -3.72. The average molecular weight is 720 g/mol. The van der Waals surface area contributed by atoms with Gasteiger partial charge in [0, 0.05) is 48.4 Å². The minimum absolute atomic E-state index is 0.0314. The van der Waals surface area contributed by atoms with Crippen LogP contribution < -0.4 is 14.4 Å². The molecule has 2 aliphatic heterocycles. The number of benzene rings is 2. The lowest BCUT2D eigenvalue weighted by atomic mass is 9.63. The molecule has 12 heteroatoms. The summed E-state index contributed by atoms with van der Waals surface area (Å²) in [4.78, 5) is 15.9. The van der Waals surface area contributed by atoms with E-state index in [0.717, 1.165) is 37.8 Å². The Morgan fingerprint density at radius 3 is 2.60 bits per heavy atom. The van der Waals surface area contributed by atoms with Crippen molar-refractivity contribution in [2.45, 2.75) is 81.5 Å². The van der Waals surface area contributed by atoms with E-state index in [2.05, 4.69) is 27.6 Å². The summed E-state index contributed by atoms with van der Waals surface area (Å²) >= 11 is 6.43. The second-order valence-electron chi connectivity index (χ2n) is 15.1. The van der Waals surface area contributed by atoms with E-state index in [-0.39, 0.29) is 28.9 Å². The van der Waals surface area contributed by atoms with E-state index in [1.165, 1.54) is 29.5 Å². The zero-order valence-electron chi connectivity index (χ0n) is 28.5. The monoisotopic (exact) mass is 719 g/mol. The fourth-order valence-corrected chi connectivity index (χ4v) is 11.4. The summed E-state index contributed by atoms with van der Waals surface area (Å²) in [5, 5.41) is 12.6. The normalized spacial score (nSPS) is 34.3. The zero-order chi connectivity index (χ0) is 34.6. The van der Waals surface area contributed by atoms with Crippen molar-refractivity contribution in [1.82, 2.24) is 9.03 Å². The molecule has 7 atom stereocenters. The van der Waals surface area contributed by atoms with Gasteiger partial charge in [-0.15, -0.1) is 0 Å². The molecule has 1 fully saturated rings. The molecule has 0 saturated heterocycles. The summed E-state index contributed by atoms with van der Waals surface area (Å²) in [6.45, 7) is 5.45. The van der Waals surface area contributed by atoms with Crippen LogP contribution in [0.1, 0.15) is 80.3 Å². The Labute approximate surface area is 291 Å². The van der Waals surface area contributed by atoms with E-state index in [1.807, 2.05) is 32.0 Å². The van der Waals surface area contributed by atoms with Gasteiger partial charge >= 0.3 is 0 Å². The molecule has 2 bridgehead atoms. The molecule has 264 valence electrons. The maximum atomic E-state index is 13.8. The summed E-state index contributed by atoms with van der Waals surface area (Å²) < 4.78 is 51.0. The van der Waals surface area contributed by atoms with Gasteiger partial charge in [0.15, 0.2) is 0 Å². The molecule has 9 nitrogen and oxygen atoms in total. The van der Waals surface area contributed by atoms with E-state index >= 15 is 0 Å². The highest BCUT2D eigenvalue weighted by atomic mass is 35.5. The predicted molar refractivity (Wildman–Crippen MR) is 194 cm³/mol. The number of carbonyl (C=O) groups excluding carboxylic acids is 1. The molecule has 4 aliphatic rings. The molecule has 2 aromatic carbocycles. The van der Waals surface area contributed by atoms with E-state index in [4.69, 9.17) is 16.3 Å². The molecular weight excluding hydrogens is 670 g/mol. The quantitative estimate of drug-likeness (QED) is 0.428. The Bertz CT molecular complexity index is 1780. The number of anilines is 1. The van der Waals surface area contributed by atoms with Crippen molar-refractivity contribution >= 4 is 48.8 Å². The molecule has 2 heterocycles. The van der Waals surface area contributed by atoms with Gasteiger partial charge in [0.05, 0.1) is 33.4 Å². The van der Waals surface area contributed by atoms with Gasteiger partial charge in [-0.1, -0.05) is 31.0 Å². The summed E-state index contributed by atoms with van der Waals surface area (Å²) in [6, 6.07) is 11.5. The number of hydrogen-bond donors (Lipinski definition) is 2. The first-order valence-corrected chi connectivity index (χ1v) is 20.9. The summed E-state index contributed by atoms with van der Waals surface area (Å²) in [5.74, 6) is 3.55. The predicted octanol–water partition coefficient (Wildman–Crippen LogP) is 5.03. The second kappa shape index (κ2) is 13.1. The second-order valence-corrected chi connectivity index (χ2v) is 20.1. The van der Waals surface area contributed by atoms with E-state index in [9.17, 15) is 22.5 Å². The van der Waals surface area contributed by atoms with Crippen LogP contribution >= 0.6 is 11.6 Å². The third-order valence-corrected chi connectivity index (χ3v) is 16.2. The lowest BCUT2D eigenvalue weighted by Crippen LogP contribution is -2.56. The maximum absolute atomic E-state index is 13.8. The van der Waals surface area contributed by atoms with E-state index in [0.29, 0.717) is 55.3 Å². The first-order chi connectivity index (χ1) is 22.5. The van der Waals surface area contributed by atoms with E-state index in [1.54, 1.807) is 6.07 Å². The molecule has 1 saturated carbocycles. The number of fused-ring (bicyclic) bond motifs is 4. The largest absolute Gasteiger partial charge is 0.490 e. The number of amides is 1. The van der Waals surface area contributed by atoms with Crippen molar-refractivity contribution < 1.29 is 27.3 Å². The first kappa shape index (κ1) is 35.5. The van der Waals surface area contributed by atoms with Crippen LogP contribution in [-0.4, -0.2) is 84.2 Å². The number of ether oxygens (including phenoxy) is 1. The number of nitrogens with one attached hydrogen (secondary N) is 1. The number of aliphatic hydroxyl groups is 1. The Balaban J connectivity index is 1.45. The minimum atomic E-state index is -3.70. The lowest BCUT2D eigenvalue weighted by Gasteiger charge is -2.50. The molecular formula is C36H50ClN3O6S2. The van der Waals surface area contributed by atoms with Crippen LogP contribution in [0.15, 0.2) is 36.4 Å². The van der Waals surface area contributed by atoms with Gasteiger partial charge in [-0.05, 0) is 117 Å². The van der Waals surface area contributed by atoms with Gasteiger partial charge in [-0.2, -0.15) is 0 Å². The Morgan fingerprint density at radius 1 is 1.12 bits per heavy atom. The number of carbonyl (C=O) groups is 1. The molecule has 2 N–H and O–H groups in total. The Kier molecular flexibility index (Phi) is 9.69. The molecule has 1 unspecified atom stereocenters.